The molecular formula is C19H18N2O3. The monoisotopic (exact) mass is 322 g/mol. The van der Waals surface area contributed by atoms with E-state index in [0.717, 1.165) is 0 Å². The van der Waals surface area contributed by atoms with E-state index in [9.17, 15) is 0 Å². The molecule has 0 heterocycles. The topological polar surface area (TPSA) is 79.7 Å². The Morgan fingerprint density at radius 2 is 0.917 bits per heavy atom. The largest absolute Gasteiger partial charge is 0.496 e. The fourth-order valence-corrected chi connectivity index (χ4v) is 2.13. The first kappa shape index (κ1) is 15.6. The molecule has 3 aromatic carbocycles. The molecule has 3 aromatic rings. The molecule has 3 rings (SSSR count). The predicted octanol–water partition coefficient (Wildman–Crippen LogP) is 4.44. The molecule has 122 valence electrons. The van der Waals surface area contributed by atoms with Gasteiger partial charge in [-0.25, -0.2) is 0 Å². The van der Waals surface area contributed by atoms with Crippen LogP contribution in [-0.2, 0) is 0 Å². The van der Waals surface area contributed by atoms with E-state index < -0.39 is 0 Å². The minimum atomic E-state index is 0.601. The van der Waals surface area contributed by atoms with Gasteiger partial charge in [-0.3, -0.25) is 0 Å². The number of hydrogen-bond acceptors (Lipinski definition) is 5. The summed E-state index contributed by atoms with van der Waals surface area (Å²) in [6.07, 6.45) is 0. The van der Waals surface area contributed by atoms with E-state index in [-0.39, 0.29) is 0 Å². The quantitative estimate of drug-likeness (QED) is 0.679. The summed E-state index contributed by atoms with van der Waals surface area (Å²) >= 11 is 0. The van der Waals surface area contributed by atoms with E-state index in [1.807, 2.05) is 0 Å². The molecule has 0 aliphatic carbocycles. The Bertz CT molecular complexity index is 749. The maximum Gasteiger partial charge on any atom is 0.134 e. The van der Waals surface area contributed by atoms with Gasteiger partial charge in [-0.05, 0) is 48.5 Å². The zero-order valence-electron chi connectivity index (χ0n) is 13.2. The van der Waals surface area contributed by atoms with E-state index in [1.165, 1.54) is 0 Å². The average Bonchev–Trinajstić information content (AvgIpc) is 2.59. The summed E-state index contributed by atoms with van der Waals surface area (Å²) in [6, 6.07) is 19.7. The Morgan fingerprint density at radius 3 is 1.29 bits per heavy atom. The van der Waals surface area contributed by atoms with E-state index in [2.05, 4.69) is 0 Å². The molecule has 0 atom stereocenters. The van der Waals surface area contributed by atoms with Crippen molar-refractivity contribution in [3.05, 3.63) is 66.7 Å². The molecule has 0 unspecified atom stereocenters. The fourth-order valence-electron chi connectivity index (χ4n) is 2.13. The summed E-state index contributed by atoms with van der Waals surface area (Å²) in [4.78, 5) is 0. The summed E-state index contributed by atoms with van der Waals surface area (Å²) in [5.41, 5.74) is 12.7. The van der Waals surface area contributed by atoms with Gasteiger partial charge in [0.1, 0.15) is 28.7 Å². The van der Waals surface area contributed by atoms with Crippen LogP contribution in [0.2, 0.25) is 0 Å². The van der Waals surface area contributed by atoms with Crippen LogP contribution < -0.4 is 25.7 Å². The van der Waals surface area contributed by atoms with Crippen molar-refractivity contribution in [3.63, 3.8) is 0 Å². The third-order valence-corrected chi connectivity index (χ3v) is 3.32. The van der Waals surface area contributed by atoms with Gasteiger partial charge < -0.3 is 25.7 Å². The van der Waals surface area contributed by atoms with Crippen LogP contribution >= 0.6 is 0 Å². The van der Waals surface area contributed by atoms with E-state index in [4.69, 9.17) is 25.7 Å². The van der Waals surface area contributed by atoms with Crippen LogP contribution in [0.4, 0.5) is 11.4 Å². The van der Waals surface area contributed by atoms with Crippen molar-refractivity contribution in [2.75, 3.05) is 18.6 Å². The standard InChI is InChI=1S/C19H18N2O3/c1-22-17-10-18(23-15-6-2-13(20)3-7-15)12-19(11-17)24-16-8-4-14(21)5-9-16/h2-12H,20-21H2,1H3. The number of anilines is 2. The molecular weight excluding hydrogens is 304 g/mol. The van der Waals surface area contributed by atoms with Crippen molar-refractivity contribution in [1.82, 2.24) is 0 Å². The molecule has 24 heavy (non-hydrogen) atoms. The summed E-state index contributed by atoms with van der Waals surface area (Å²) in [7, 11) is 1.59. The lowest BCUT2D eigenvalue weighted by atomic mass is 10.2. The van der Waals surface area contributed by atoms with E-state index in [1.54, 1.807) is 73.8 Å². The smallest absolute Gasteiger partial charge is 0.134 e. The number of benzene rings is 3. The third-order valence-electron chi connectivity index (χ3n) is 3.32. The lowest BCUT2D eigenvalue weighted by molar-refractivity contribution is 0.401. The summed E-state index contributed by atoms with van der Waals surface area (Å²) in [5.74, 6) is 3.19. The molecule has 5 heteroatoms. The van der Waals surface area contributed by atoms with Crippen LogP contribution in [0.5, 0.6) is 28.7 Å². The lowest BCUT2D eigenvalue weighted by Crippen LogP contribution is -1.91. The first-order chi connectivity index (χ1) is 11.6. The first-order valence-electron chi connectivity index (χ1n) is 7.38. The molecule has 0 aliphatic rings. The average molecular weight is 322 g/mol. The van der Waals surface area contributed by atoms with Crippen LogP contribution in [0.15, 0.2) is 66.7 Å². The minimum absolute atomic E-state index is 0.601. The van der Waals surface area contributed by atoms with Gasteiger partial charge in [0.15, 0.2) is 0 Å². The van der Waals surface area contributed by atoms with Crippen molar-refractivity contribution in [1.29, 1.82) is 0 Å². The highest BCUT2D eigenvalue weighted by Gasteiger charge is 2.06. The highest BCUT2D eigenvalue weighted by Crippen LogP contribution is 2.33. The molecule has 0 aliphatic heterocycles. The minimum Gasteiger partial charge on any atom is -0.496 e. The van der Waals surface area contributed by atoms with Crippen molar-refractivity contribution >= 4 is 11.4 Å². The second kappa shape index (κ2) is 6.83. The van der Waals surface area contributed by atoms with Gasteiger partial charge in [-0.1, -0.05) is 0 Å². The van der Waals surface area contributed by atoms with Crippen molar-refractivity contribution in [3.8, 4) is 28.7 Å². The number of rotatable bonds is 5. The third kappa shape index (κ3) is 3.89. The zero-order chi connectivity index (χ0) is 16.9. The Morgan fingerprint density at radius 1 is 0.542 bits per heavy atom. The molecule has 4 N–H and O–H groups in total. The van der Waals surface area contributed by atoms with Gasteiger partial charge >= 0.3 is 0 Å². The van der Waals surface area contributed by atoms with Gasteiger partial charge in [0.25, 0.3) is 0 Å². The number of ether oxygens (including phenoxy) is 3. The van der Waals surface area contributed by atoms with Gasteiger partial charge in [-0.2, -0.15) is 0 Å². The number of hydrogen-bond donors (Lipinski definition) is 2. The van der Waals surface area contributed by atoms with Crippen molar-refractivity contribution < 1.29 is 14.2 Å². The maximum absolute atomic E-state index is 5.84. The van der Waals surface area contributed by atoms with Gasteiger partial charge in [0.2, 0.25) is 0 Å². The molecule has 0 radical (unpaired) electrons. The molecule has 0 aromatic heterocycles. The number of nitrogens with two attached hydrogens (primary N) is 2. The summed E-state index contributed by atoms with van der Waals surface area (Å²) in [6.45, 7) is 0. The fraction of sp³-hybridized carbons (Fsp3) is 0.0526. The van der Waals surface area contributed by atoms with Crippen LogP contribution in [0, 0.1) is 0 Å². The zero-order valence-corrected chi connectivity index (χ0v) is 13.2. The van der Waals surface area contributed by atoms with Gasteiger partial charge in [-0.15, -0.1) is 0 Å². The van der Waals surface area contributed by atoms with Gasteiger partial charge in [0.05, 0.1) is 7.11 Å². The Hall–Kier alpha value is -3.34. The Balaban J connectivity index is 1.84. The molecule has 0 bridgehead atoms. The Kier molecular flexibility index (Phi) is 4.43. The predicted molar refractivity (Wildman–Crippen MR) is 94.9 cm³/mol. The molecule has 0 spiro atoms. The lowest BCUT2D eigenvalue weighted by Gasteiger charge is -2.12. The van der Waals surface area contributed by atoms with Crippen molar-refractivity contribution in [2.24, 2.45) is 0 Å². The SMILES string of the molecule is COc1cc(Oc2ccc(N)cc2)cc(Oc2ccc(N)cc2)c1. The summed E-state index contributed by atoms with van der Waals surface area (Å²) in [5, 5.41) is 0. The molecule has 0 amide bonds. The molecule has 5 nitrogen and oxygen atoms in total. The molecule has 0 saturated carbocycles. The van der Waals surface area contributed by atoms with Crippen LogP contribution in [-0.4, -0.2) is 7.11 Å². The molecule has 0 fully saturated rings. The van der Waals surface area contributed by atoms with Crippen LogP contribution in [0.25, 0.3) is 0 Å². The Labute approximate surface area is 140 Å². The summed E-state index contributed by atoms with van der Waals surface area (Å²) < 4.78 is 17.0. The maximum atomic E-state index is 5.84. The van der Waals surface area contributed by atoms with Crippen LogP contribution in [0.3, 0.4) is 0 Å². The molecule has 0 saturated heterocycles. The van der Waals surface area contributed by atoms with Gasteiger partial charge in [0, 0.05) is 29.6 Å². The second-order valence-corrected chi connectivity index (χ2v) is 5.19. The highest BCUT2D eigenvalue weighted by atomic mass is 16.5. The van der Waals surface area contributed by atoms with Crippen molar-refractivity contribution in [2.45, 2.75) is 0 Å². The normalized spacial score (nSPS) is 10.2. The van der Waals surface area contributed by atoms with Crippen LogP contribution in [0.1, 0.15) is 0 Å². The number of nitrogen functional groups attached to an aromatic ring is 2. The van der Waals surface area contributed by atoms with E-state index >= 15 is 0 Å². The first-order valence-corrected chi connectivity index (χ1v) is 7.38. The van der Waals surface area contributed by atoms with E-state index in [0.29, 0.717) is 40.1 Å². The number of methoxy groups -OCH3 is 1. The highest BCUT2D eigenvalue weighted by molar-refractivity contribution is 5.48. The second-order valence-electron chi connectivity index (χ2n) is 5.19.